The number of hydrogen-bond acceptors (Lipinski definition) is 3. The number of rotatable bonds is 8. The van der Waals surface area contributed by atoms with Gasteiger partial charge in [0.2, 0.25) is 5.91 Å². The van der Waals surface area contributed by atoms with Crippen LogP contribution in [0.1, 0.15) is 61.0 Å². The Kier molecular flexibility index (Phi) is 6.96. The van der Waals surface area contributed by atoms with E-state index >= 15 is 0 Å². The Bertz CT molecular complexity index is 781. The summed E-state index contributed by atoms with van der Waals surface area (Å²) in [6, 6.07) is 13.1. The third-order valence-electron chi connectivity index (χ3n) is 4.23. The topological polar surface area (TPSA) is 55.4 Å². The first-order chi connectivity index (χ1) is 12.4. The molecule has 0 bridgehead atoms. The highest BCUT2D eigenvalue weighted by Crippen LogP contribution is 2.23. The molecule has 0 saturated carbocycles. The summed E-state index contributed by atoms with van der Waals surface area (Å²) < 4.78 is 5.75. The summed E-state index contributed by atoms with van der Waals surface area (Å²) in [5.74, 6) is 1.23. The summed E-state index contributed by atoms with van der Waals surface area (Å²) >= 11 is 0. The van der Waals surface area contributed by atoms with Gasteiger partial charge >= 0.3 is 0 Å². The van der Waals surface area contributed by atoms with E-state index in [1.807, 2.05) is 12.1 Å². The Morgan fingerprint density at radius 2 is 1.88 bits per heavy atom. The van der Waals surface area contributed by atoms with Crippen molar-refractivity contribution in [2.75, 3.05) is 11.9 Å². The lowest BCUT2D eigenvalue weighted by atomic mass is 9.98. The van der Waals surface area contributed by atoms with E-state index in [2.05, 4.69) is 32.2 Å². The van der Waals surface area contributed by atoms with Gasteiger partial charge in [0.05, 0.1) is 6.61 Å². The van der Waals surface area contributed by atoms with Gasteiger partial charge in [-0.3, -0.25) is 9.59 Å². The molecule has 0 saturated heterocycles. The molecule has 0 fully saturated rings. The fourth-order valence-electron chi connectivity index (χ4n) is 2.85. The lowest BCUT2D eigenvalue weighted by molar-refractivity contribution is -0.116. The van der Waals surface area contributed by atoms with Gasteiger partial charge in [-0.25, -0.2) is 0 Å². The highest BCUT2D eigenvalue weighted by molar-refractivity contribution is 5.97. The van der Waals surface area contributed by atoms with Crippen molar-refractivity contribution in [3.05, 3.63) is 59.2 Å². The van der Waals surface area contributed by atoms with Gasteiger partial charge in [-0.1, -0.05) is 32.0 Å². The van der Waals surface area contributed by atoms with Crippen molar-refractivity contribution in [1.29, 1.82) is 0 Å². The number of benzene rings is 2. The summed E-state index contributed by atoms with van der Waals surface area (Å²) in [7, 11) is 0. The van der Waals surface area contributed by atoms with E-state index in [9.17, 15) is 9.59 Å². The number of anilines is 1. The Labute approximate surface area is 155 Å². The number of amides is 1. The Balaban J connectivity index is 1.77. The molecule has 0 unspecified atom stereocenters. The molecule has 0 spiro atoms. The molecule has 1 N–H and O–H groups in total. The Morgan fingerprint density at radius 3 is 2.54 bits per heavy atom. The second kappa shape index (κ2) is 9.18. The van der Waals surface area contributed by atoms with Gasteiger partial charge in [-0.2, -0.15) is 0 Å². The summed E-state index contributed by atoms with van der Waals surface area (Å²) in [5.41, 5.74) is 3.78. The number of hydrogen-bond donors (Lipinski definition) is 1. The van der Waals surface area contributed by atoms with Crippen LogP contribution in [0.4, 0.5) is 5.69 Å². The lowest BCUT2D eigenvalue weighted by Gasteiger charge is -2.12. The van der Waals surface area contributed by atoms with Crippen LogP contribution < -0.4 is 10.1 Å². The number of aryl methyl sites for hydroxylation is 1. The van der Waals surface area contributed by atoms with E-state index in [0.717, 1.165) is 5.75 Å². The molecule has 0 aliphatic carbocycles. The molecule has 4 heteroatoms. The van der Waals surface area contributed by atoms with Crippen molar-refractivity contribution in [3.8, 4) is 5.75 Å². The van der Waals surface area contributed by atoms with Crippen molar-refractivity contribution in [1.82, 2.24) is 0 Å². The largest absolute Gasteiger partial charge is 0.494 e. The number of Topliss-reactive ketones (excluding diaryl/α,β-unsaturated/α-hetero) is 1. The normalized spacial score (nSPS) is 10.7. The SMILES string of the molecule is CC(=O)c1cccc(NC(=O)CCCOc2ccc(C(C)C)c(C)c2)c1. The molecule has 26 heavy (non-hydrogen) atoms. The molecule has 0 radical (unpaired) electrons. The minimum absolute atomic E-state index is 0.0201. The molecule has 1 amide bonds. The molecule has 4 nitrogen and oxygen atoms in total. The molecule has 0 aliphatic rings. The fraction of sp³-hybridized carbons (Fsp3) is 0.364. The zero-order valence-corrected chi connectivity index (χ0v) is 16.0. The smallest absolute Gasteiger partial charge is 0.224 e. The minimum Gasteiger partial charge on any atom is -0.494 e. The maximum atomic E-state index is 12.0. The van der Waals surface area contributed by atoms with E-state index in [1.165, 1.54) is 18.1 Å². The van der Waals surface area contributed by atoms with Gasteiger partial charge in [0.1, 0.15) is 5.75 Å². The average molecular weight is 353 g/mol. The first-order valence-corrected chi connectivity index (χ1v) is 9.01. The van der Waals surface area contributed by atoms with E-state index in [0.29, 0.717) is 36.6 Å². The molecule has 0 aliphatic heterocycles. The molecule has 0 aromatic heterocycles. The van der Waals surface area contributed by atoms with Gasteiger partial charge in [-0.05, 0) is 61.6 Å². The van der Waals surface area contributed by atoms with Crippen molar-refractivity contribution >= 4 is 17.4 Å². The lowest BCUT2D eigenvalue weighted by Crippen LogP contribution is -2.13. The first-order valence-electron chi connectivity index (χ1n) is 9.01. The van der Waals surface area contributed by atoms with Crippen LogP contribution in [0.5, 0.6) is 5.75 Å². The fourth-order valence-corrected chi connectivity index (χ4v) is 2.85. The maximum Gasteiger partial charge on any atom is 0.224 e. The van der Waals surface area contributed by atoms with Gasteiger partial charge in [0.25, 0.3) is 0 Å². The number of carbonyl (C=O) groups excluding carboxylic acids is 2. The molecule has 2 aromatic carbocycles. The number of ether oxygens (including phenoxy) is 1. The monoisotopic (exact) mass is 353 g/mol. The van der Waals surface area contributed by atoms with Crippen molar-refractivity contribution in [3.63, 3.8) is 0 Å². The molecular formula is C22H27NO3. The van der Waals surface area contributed by atoms with Crippen molar-refractivity contribution in [2.45, 2.75) is 46.5 Å². The van der Waals surface area contributed by atoms with E-state index in [1.54, 1.807) is 24.3 Å². The van der Waals surface area contributed by atoms with Crippen LogP contribution in [0.2, 0.25) is 0 Å². The van der Waals surface area contributed by atoms with E-state index < -0.39 is 0 Å². The van der Waals surface area contributed by atoms with Crippen molar-refractivity contribution in [2.24, 2.45) is 0 Å². The standard InChI is InChI=1S/C22H27NO3/c1-15(2)21-11-10-20(13-16(21)3)26-12-6-9-22(25)23-19-8-5-7-18(14-19)17(4)24/h5,7-8,10-11,13-15H,6,9,12H2,1-4H3,(H,23,25). The third kappa shape index (κ3) is 5.73. The molecule has 0 atom stereocenters. The zero-order chi connectivity index (χ0) is 19.1. The van der Waals surface area contributed by atoms with Crippen LogP contribution in [-0.4, -0.2) is 18.3 Å². The van der Waals surface area contributed by atoms with Crippen molar-refractivity contribution < 1.29 is 14.3 Å². The van der Waals surface area contributed by atoms with Crippen LogP contribution in [0.3, 0.4) is 0 Å². The highest BCUT2D eigenvalue weighted by atomic mass is 16.5. The maximum absolute atomic E-state index is 12.0. The average Bonchev–Trinajstić information content (AvgIpc) is 2.58. The minimum atomic E-state index is -0.0827. The van der Waals surface area contributed by atoms with Crippen LogP contribution in [0.15, 0.2) is 42.5 Å². The molecule has 138 valence electrons. The van der Waals surface area contributed by atoms with E-state index in [4.69, 9.17) is 4.74 Å². The number of nitrogens with one attached hydrogen (secondary N) is 1. The van der Waals surface area contributed by atoms with Gasteiger partial charge in [-0.15, -0.1) is 0 Å². The van der Waals surface area contributed by atoms with Gasteiger partial charge < -0.3 is 10.1 Å². The van der Waals surface area contributed by atoms with Crippen LogP contribution in [0, 0.1) is 6.92 Å². The molecular weight excluding hydrogens is 326 g/mol. The quantitative estimate of drug-likeness (QED) is 0.529. The number of carbonyl (C=O) groups is 2. The second-order valence-electron chi connectivity index (χ2n) is 6.81. The zero-order valence-electron chi connectivity index (χ0n) is 16.0. The molecule has 0 heterocycles. The summed E-state index contributed by atoms with van der Waals surface area (Å²) in [6.07, 6.45) is 0.997. The summed E-state index contributed by atoms with van der Waals surface area (Å²) in [4.78, 5) is 23.4. The van der Waals surface area contributed by atoms with E-state index in [-0.39, 0.29) is 11.7 Å². The summed E-state index contributed by atoms with van der Waals surface area (Å²) in [5, 5.41) is 2.82. The predicted molar refractivity (Wildman–Crippen MR) is 105 cm³/mol. The van der Waals surface area contributed by atoms with Crippen LogP contribution in [-0.2, 0) is 4.79 Å². The second-order valence-corrected chi connectivity index (χ2v) is 6.81. The van der Waals surface area contributed by atoms with Crippen LogP contribution in [0.25, 0.3) is 0 Å². The Morgan fingerprint density at radius 1 is 1.12 bits per heavy atom. The highest BCUT2D eigenvalue weighted by Gasteiger charge is 2.07. The number of ketones is 1. The molecule has 2 aromatic rings. The van der Waals surface area contributed by atoms with Gasteiger partial charge in [0.15, 0.2) is 5.78 Å². The third-order valence-corrected chi connectivity index (χ3v) is 4.23. The van der Waals surface area contributed by atoms with Gasteiger partial charge in [0, 0.05) is 17.7 Å². The Hall–Kier alpha value is -2.62. The predicted octanol–water partition coefficient (Wildman–Crippen LogP) is 5.12. The van der Waals surface area contributed by atoms with Crippen LogP contribution >= 0.6 is 0 Å². The first kappa shape index (κ1) is 19.7. The molecule has 2 rings (SSSR count). The summed E-state index contributed by atoms with van der Waals surface area (Å²) in [6.45, 7) is 8.43.